The van der Waals surface area contributed by atoms with Gasteiger partial charge in [-0.15, -0.1) is 0 Å². The Balaban J connectivity index is 2.80. The van der Waals surface area contributed by atoms with Crippen LogP contribution in [0.15, 0.2) is 12.1 Å². The van der Waals surface area contributed by atoms with E-state index in [0.29, 0.717) is 24.4 Å². The number of methoxy groups -OCH3 is 1. The number of aryl methyl sites for hydroxylation is 1. The van der Waals surface area contributed by atoms with Crippen LogP contribution in [0.1, 0.15) is 47.7 Å². The molecular weight excluding hydrogens is 238 g/mol. The quantitative estimate of drug-likeness (QED) is 0.768. The highest BCUT2D eigenvalue weighted by Crippen LogP contribution is 2.28. The molecule has 2 N–H and O–H groups in total. The van der Waals surface area contributed by atoms with Gasteiger partial charge in [0.1, 0.15) is 5.75 Å². The van der Waals surface area contributed by atoms with Crippen molar-refractivity contribution >= 4 is 5.78 Å². The number of carbonyl (C=O) groups excluding carboxylic acids is 1. The molecule has 3 heteroatoms. The molecule has 0 aliphatic carbocycles. The van der Waals surface area contributed by atoms with Crippen LogP contribution >= 0.6 is 0 Å². The minimum absolute atomic E-state index is 0.156. The highest BCUT2D eigenvalue weighted by Gasteiger charge is 2.16. The molecule has 0 aromatic heterocycles. The van der Waals surface area contributed by atoms with Crippen molar-refractivity contribution in [2.75, 3.05) is 13.7 Å². The Hall–Kier alpha value is -1.35. The minimum Gasteiger partial charge on any atom is -0.496 e. The number of ether oxygens (including phenoxy) is 1. The van der Waals surface area contributed by atoms with E-state index in [0.717, 1.165) is 29.7 Å². The van der Waals surface area contributed by atoms with Gasteiger partial charge < -0.3 is 10.5 Å². The molecule has 19 heavy (non-hydrogen) atoms. The molecule has 3 nitrogen and oxygen atoms in total. The molecule has 1 atom stereocenters. The second-order valence-corrected chi connectivity index (χ2v) is 5.23. The number of benzene rings is 1. The van der Waals surface area contributed by atoms with Crippen molar-refractivity contribution < 1.29 is 9.53 Å². The number of rotatable bonds is 7. The first-order valence-electron chi connectivity index (χ1n) is 6.88. The summed E-state index contributed by atoms with van der Waals surface area (Å²) >= 11 is 0. The lowest BCUT2D eigenvalue weighted by atomic mass is 9.95. The van der Waals surface area contributed by atoms with E-state index >= 15 is 0 Å². The molecule has 0 saturated heterocycles. The molecule has 1 aromatic carbocycles. The smallest absolute Gasteiger partial charge is 0.166 e. The van der Waals surface area contributed by atoms with Crippen molar-refractivity contribution in [1.82, 2.24) is 0 Å². The molecule has 0 aliphatic heterocycles. The first-order chi connectivity index (χ1) is 9.01. The van der Waals surface area contributed by atoms with Crippen LogP contribution < -0.4 is 10.5 Å². The zero-order chi connectivity index (χ0) is 14.4. The summed E-state index contributed by atoms with van der Waals surface area (Å²) in [5.41, 5.74) is 8.41. The van der Waals surface area contributed by atoms with Crippen molar-refractivity contribution in [3.8, 4) is 5.75 Å². The van der Waals surface area contributed by atoms with Crippen LogP contribution in [0.5, 0.6) is 5.75 Å². The van der Waals surface area contributed by atoms with Crippen molar-refractivity contribution in [2.24, 2.45) is 11.7 Å². The number of hydrogen-bond donors (Lipinski definition) is 1. The second-order valence-electron chi connectivity index (χ2n) is 5.23. The Labute approximate surface area is 116 Å². The van der Waals surface area contributed by atoms with E-state index in [4.69, 9.17) is 10.5 Å². The molecule has 106 valence electrons. The van der Waals surface area contributed by atoms with E-state index in [1.165, 1.54) is 0 Å². The van der Waals surface area contributed by atoms with Crippen molar-refractivity contribution in [1.29, 1.82) is 0 Å². The SMILES string of the molecule is COc1c(C(=O)CCC(C)CCN)ccc(C)c1C. The molecule has 0 radical (unpaired) electrons. The lowest BCUT2D eigenvalue weighted by Gasteiger charge is -2.14. The van der Waals surface area contributed by atoms with Crippen molar-refractivity contribution in [3.63, 3.8) is 0 Å². The number of Topliss-reactive ketones (excluding diaryl/α,β-unsaturated/α-hetero) is 1. The normalized spacial score (nSPS) is 12.3. The third-order valence-electron chi connectivity index (χ3n) is 3.70. The van der Waals surface area contributed by atoms with Crippen LogP contribution in [0.2, 0.25) is 0 Å². The molecule has 1 rings (SSSR count). The number of nitrogens with two attached hydrogens (primary N) is 1. The van der Waals surface area contributed by atoms with Crippen LogP contribution in [0.3, 0.4) is 0 Å². The van der Waals surface area contributed by atoms with Gasteiger partial charge in [0.2, 0.25) is 0 Å². The summed E-state index contributed by atoms with van der Waals surface area (Å²) in [5, 5.41) is 0. The summed E-state index contributed by atoms with van der Waals surface area (Å²) in [6, 6.07) is 3.85. The van der Waals surface area contributed by atoms with Gasteiger partial charge in [-0.25, -0.2) is 0 Å². The average Bonchev–Trinajstić information content (AvgIpc) is 2.39. The van der Waals surface area contributed by atoms with E-state index in [1.807, 2.05) is 26.0 Å². The first-order valence-corrected chi connectivity index (χ1v) is 6.88. The lowest BCUT2D eigenvalue weighted by molar-refractivity contribution is 0.0971. The first kappa shape index (κ1) is 15.7. The monoisotopic (exact) mass is 263 g/mol. The summed E-state index contributed by atoms with van der Waals surface area (Å²) in [7, 11) is 1.62. The Morgan fingerprint density at radius 3 is 2.58 bits per heavy atom. The van der Waals surface area contributed by atoms with Gasteiger partial charge in [-0.05, 0) is 56.3 Å². The number of ketones is 1. The van der Waals surface area contributed by atoms with Crippen LogP contribution in [-0.4, -0.2) is 19.4 Å². The molecule has 0 fully saturated rings. The van der Waals surface area contributed by atoms with Crippen LogP contribution in [-0.2, 0) is 0 Å². The number of carbonyl (C=O) groups is 1. The Kier molecular flexibility index (Phi) is 6.03. The Morgan fingerprint density at radius 1 is 1.32 bits per heavy atom. The molecule has 0 saturated carbocycles. The molecule has 0 aliphatic rings. The largest absolute Gasteiger partial charge is 0.496 e. The molecule has 0 heterocycles. The maximum atomic E-state index is 12.3. The summed E-state index contributed by atoms with van der Waals surface area (Å²) in [4.78, 5) is 12.3. The third kappa shape index (κ3) is 4.06. The van der Waals surface area contributed by atoms with E-state index in [9.17, 15) is 4.79 Å². The predicted octanol–water partition coefficient (Wildman–Crippen LogP) is 3.26. The highest BCUT2D eigenvalue weighted by molar-refractivity contribution is 5.99. The van der Waals surface area contributed by atoms with Gasteiger partial charge in [0.05, 0.1) is 12.7 Å². The van der Waals surface area contributed by atoms with Gasteiger partial charge in [0, 0.05) is 6.42 Å². The predicted molar refractivity (Wildman–Crippen MR) is 78.9 cm³/mol. The van der Waals surface area contributed by atoms with E-state index in [-0.39, 0.29) is 5.78 Å². The summed E-state index contributed by atoms with van der Waals surface area (Å²) in [5.74, 6) is 1.37. The van der Waals surface area contributed by atoms with Crippen LogP contribution in [0, 0.1) is 19.8 Å². The van der Waals surface area contributed by atoms with Gasteiger partial charge in [-0.2, -0.15) is 0 Å². The maximum absolute atomic E-state index is 12.3. The van der Waals surface area contributed by atoms with Crippen LogP contribution in [0.25, 0.3) is 0 Å². The topological polar surface area (TPSA) is 52.3 Å². The Morgan fingerprint density at radius 2 is 2.00 bits per heavy atom. The summed E-state index contributed by atoms with van der Waals surface area (Å²) < 4.78 is 5.39. The average molecular weight is 263 g/mol. The lowest BCUT2D eigenvalue weighted by Crippen LogP contribution is -2.09. The Bertz CT molecular complexity index is 441. The van der Waals surface area contributed by atoms with Gasteiger partial charge in [0.15, 0.2) is 5.78 Å². The molecule has 1 aromatic rings. The van der Waals surface area contributed by atoms with Crippen molar-refractivity contribution in [2.45, 2.75) is 40.0 Å². The minimum atomic E-state index is 0.156. The van der Waals surface area contributed by atoms with Gasteiger partial charge in [-0.3, -0.25) is 4.79 Å². The van der Waals surface area contributed by atoms with Gasteiger partial charge >= 0.3 is 0 Å². The van der Waals surface area contributed by atoms with E-state index < -0.39 is 0 Å². The standard InChI is InChI=1S/C16H25NO2/c1-11(9-10-17)5-8-15(18)14-7-6-12(2)13(3)16(14)19-4/h6-7,11H,5,8-10,17H2,1-4H3. The molecule has 0 bridgehead atoms. The summed E-state index contributed by atoms with van der Waals surface area (Å²) in [6.07, 6.45) is 2.41. The zero-order valence-electron chi connectivity index (χ0n) is 12.5. The van der Waals surface area contributed by atoms with Gasteiger partial charge in [0.25, 0.3) is 0 Å². The molecule has 1 unspecified atom stereocenters. The highest BCUT2D eigenvalue weighted by atomic mass is 16.5. The summed E-state index contributed by atoms with van der Waals surface area (Å²) in [6.45, 7) is 6.83. The fourth-order valence-electron chi connectivity index (χ4n) is 2.21. The van der Waals surface area contributed by atoms with Gasteiger partial charge in [-0.1, -0.05) is 13.0 Å². The molecule has 0 amide bonds. The van der Waals surface area contributed by atoms with Crippen LogP contribution in [0.4, 0.5) is 0 Å². The maximum Gasteiger partial charge on any atom is 0.166 e. The molecular formula is C16H25NO2. The fourth-order valence-corrected chi connectivity index (χ4v) is 2.21. The number of hydrogen-bond acceptors (Lipinski definition) is 3. The molecule has 0 spiro atoms. The second kappa shape index (κ2) is 7.29. The van der Waals surface area contributed by atoms with Crippen molar-refractivity contribution in [3.05, 3.63) is 28.8 Å². The zero-order valence-corrected chi connectivity index (χ0v) is 12.5. The van der Waals surface area contributed by atoms with E-state index in [2.05, 4.69) is 6.92 Å². The van der Waals surface area contributed by atoms with E-state index in [1.54, 1.807) is 7.11 Å². The fraction of sp³-hybridized carbons (Fsp3) is 0.562. The third-order valence-corrected chi connectivity index (χ3v) is 3.70.